The van der Waals surface area contributed by atoms with Gasteiger partial charge in [-0.2, -0.15) is 0 Å². The molecule has 1 saturated carbocycles. The SMILES string of the molecule is CC(CC1CC1)N1C(=O)CNC1c1ccc(F)cc1F. The van der Waals surface area contributed by atoms with Gasteiger partial charge in [-0.15, -0.1) is 0 Å². The van der Waals surface area contributed by atoms with Gasteiger partial charge in [0.2, 0.25) is 5.91 Å². The zero-order chi connectivity index (χ0) is 14.3. The van der Waals surface area contributed by atoms with E-state index in [4.69, 9.17) is 0 Å². The van der Waals surface area contributed by atoms with E-state index in [1.54, 1.807) is 4.90 Å². The Kier molecular flexibility index (Phi) is 3.46. The van der Waals surface area contributed by atoms with Crippen LogP contribution in [0.3, 0.4) is 0 Å². The standard InChI is InChI=1S/C15H18F2N2O/c1-9(6-10-2-3-10)19-14(20)8-18-15(19)12-5-4-11(16)7-13(12)17/h4-5,7,9-10,15,18H,2-3,6,8H2,1H3. The van der Waals surface area contributed by atoms with Crippen LogP contribution in [0.1, 0.15) is 37.9 Å². The van der Waals surface area contributed by atoms with Crippen LogP contribution < -0.4 is 5.32 Å². The highest BCUT2D eigenvalue weighted by molar-refractivity contribution is 5.81. The maximum absolute atomic E-state index is 13.9. The Hall–Kier alpha value is -1.49. The molecule has 3 rings (SSSR count). The van der Waals surface area contributed by atoms with Gasteiger partial charge in [-0.05, 0) is 31.4 Å². The summed E-state index contributed by atoms with van der Waals surface area (Å²) in [7, 11) is 0. The van der Waals surface area contributed by atoms with Gasteiger partial charge in [0.1, 0.15) is 17.8 Å². The van der Waals surface area contributed by atoms with E-state index in [9.17, 15) is 13.6 Å². The first-order valence-electron chi connectivity index (χ1n) is 7.05. The number of carbonyl (C=O) groups excluding carboxylic acids is 1. The number of hydrogen-bond donors (Lipinski definition) is 1. The highest BCUT2D eigenvalue weighted by Gasteiger charge is 2.38. The van der Waals surface area contributed by atoms with Crippen molar-refractivity contribution >= 4 is 5.91 Å². The molecule has 0 aromatic heterocycles. The Morgan fingerprint density at radius 2 is 2.15 bits per heavy atom. The van der Waals surface area contributed by atoms with Gasteiger partial charge in [0.15, 0.2) is 0 Å². The van der Waals surface area contributed by atoms with Gasteiger partial charge >= 0.3 is 0 Å². The molecule has 1 aromatic carbocycles. The van der Waals surface area contributed by atoms with Gasteiger partial charge in [-0.25, -0.2) is 8.78 Å². The first-order chi connectivity index (χ1) is 9.56. The average molecular weight is 280 g/mol. The number of amides is 1. The molecule has 1 aromatic rings. The normalized spacial score (nSPS) is 24.2. The van der Waals surface area contributed by atoms with E-state index < -0.39 is 17.8 Å². The third-order valence-corrected chi connectivity index (χ3v) is 4.12. The van der Waals surface area contributed by atoms with E-state index in [0.717, 1.165) is 12.5 Å². The molecule has 0 bridgehead atoms. The number of hydrogen-bond acceptors (Lipinski definition) is 2. The van der Waals surface area contributed by atoms with Crippen LogP contribution >= 0.6 is 0 Å². The van der Waals surface area contributed by atoms with Crippen molar-refractivity contribution in [1.82, 2.24) is 10.2 Å². The van der Waals surface area contributed by atoms with Crippen LogP contribution in [0.5, 0.6) is 0 Å². The minimum atomic E-state index is -0.610. The van der Waals surface area contributed by atoms with Crippen LogP contribution in [-0.2, 0) is 4.79 Å². The summed E-state index contributed by atoms with van der Waals surface area (Å²) in [6, 6.07) is 3.58. The third kappa shape index (κ3) is 2.54. The molecular formula is C15H18F2N2O. The quantitative estimate of drug-likeness (QED) is 0.919. The van der Waals surface area contributed by atoms with Crippen molar-refractivity contribution in [2.75, 3.05) is 6.54 Å². The largest absolute Gasteiger partial charge is 0.319 e. The van der Waals surface area contributed by atoms with E-state index >= 15 is 0 Å². The summed E-state index contributed by atoms with van der Waals surface area (Å²) >= 11 is 0. The molecule has 2 atom stereocenters. The minimum Gasteiger partial charge on any atom is -0.319 e. The van der Waals surface area contributed by atoms with Crippen molar-refractivity contribution in [3.8, 4) is 0 Å². The summed E-state index contributed by atoms with van der Waals surface area (Å²) in [5, 5.41) is 3.02. The molecule has 1 amide bonds. The zero-order valence-electron chi connectivity index (χ0n) is 11.4. The Labute approximate surface area is 117 Å². The van der Waals surface area contributed by atoms with Gasteiger partial charge in [-0.3, -0.25) is 10.1 Å². The molecule has 3 nitrogen and oxygen atoms in total. The smallest absolute Gasteiger partial charge is 0.238 e. The summed E-state index contributed by atoms with van der Waals surface area (Å²) in [4.78, 5) is 13.7. The molecule has 2 aliphatic rings. The molecular weight excluding hydrogens is 262 g/mol. The predicted molar refractivity (Wildman–Crippen MR) is 70.8 cm³/mol. The van der Waals surface area contributed by atoms with Gasteiger partial charge in [0.25, 0.3) is 0 Å². The molecule has 2 fully saturated rings. The number of rotatable bonds is 4. The first-order valence-corrected chi connectivity index (χ1v) is 7.05. The lowest BCUT2D eigenvalue weighted by Gasteiger charge is -2.31. The summed E-state index contributed by atoms with van der Waals surface area (Å²) in [6.45, 7) is 2.20. The lowest BCUT2D eigenvalue weighted by Crippen LogP contribution is -2.38. The fourth-order valence-corrected chi connectivity index (χ4v) is 2.95. The van der Waals surface area contributed by atoms with Gasteiger partial charge in [0, 0.05) is 17.7 Å². The van der Waals surface area contributed by atoms with Crippen LogP contribution in [0.15, 0.2) is 18.2 Å². The molecule has 1 saturated heterocycles. The second kappa shape index (κ2) is 5.13. The lowest BCUT2D eigenvalue weighted by molar-refractivity contribution is -0.130. The molecule has 1 aliphatic carbocycles. The molecule has 1 N–H and O–H groups in total. The molecule has 0 radical (unpaired) electrons. The molecule has 5 heteroatoms. The van der Waals surface area contributed by atoms with E-state index in [2.05, 4.69) is 5.32 Å². The number of halogens is 2. The highest BCUT2D eigenvalue weighted by atomic mass is 19.1. The first kappa shape index (κ1) is 13.5. The van der Waals surface area contributed by atoms with Crippen LogP contribution in [0.25, 0.3) is 0 Å². The van der Waals surface area contributed by atoms with Crippen LogP contribution in [0.4, 0.5) is 8.78 Å². The van der Waals surface area contributed by atoms with Crippen molar-refractivity contribution in [2.45, 2.75) is 38.4 Å². The monoisotopic (exact) mass is 280 g/mol. The Morgan fingerprint density at radius 3 is 2.80 bits per heavy atom. The van der Waals surface area contributed by atoms with Crippen molar-refractivity contribution in [1.29, 1.82) is 0 Å². The molecule has 1 aliphatic heterocycles. The topological polar surface area (TPSA) is 32.3 Å². The lowest BCUT2D eigenvalue weighted by atomic mass is 10.1. The van der Waals surface area contributed by atoms with E-state index in [1.807, 2.05) is 6.92 Å². The van der Waals surface area contributed by atoms with Crippen molar-refractivity contribution in [3.05, 3.63) is 35.4 Å². The highest BCUT2D eigenvalue weighted by Crippen LogP contribution is 2.37. The summed E-state index contributed by atoms with van der Waals surface area (Å²) in [6.07, 6.45) is 2.90. The Balaban J connectivity index is 1.84. The van der Waals surface area contributed by atoms with Crippen molar-refractivity contribution in [2.24, 2.45) is 5.92 Å². The number of nitrogens with one attached hydrogen (secondary N) is 1. The fraction of sp³-hybridized carbons (Fsp3) is 0.533. The van der Waals surface area contributed by atoms with Crippen molar-refractivity contribution in [3.63, 3.8) is 0 Å². The van der Waals surface area contributed by atoms with Crippen LogP contribution in [0.2, 0.25) is 0 Å². The van der Waals surface area contributed by atoms with Gasteiger partial charge in [0.05, 0.1) is 6.54 Å². The maximum Gasteiger partial charge on any atom is 0.238 e. The Morgan fingerprint density at radius 1 is 1.40 bits per heavy atom. The number of nitrogens with zero attached hydrogens (tertiary/aromatic N) is 1. The van der Waals surface area contributed by atoms with E-state index in [-0.39, 0.29) is 18.5 Å². The average Bonchev–Trinajstić information content (AvgIpc) is 3.11. The van der Waals surface area contributed by atoms with E-state index in [1.165, 1.54) is 25.0 Å². The second-order valence-corrected chi connectivity index (χ2v) is 5.78. The molecule has 20 heavy (non-hydrogen) atoms. The molecule has 1 heterocycles. The molecule has 2 unspecified atom stereocenters. The Bertz CT molecular complexity index is 531. The summed E-state index contributed by atoms with van der Waals surface area (Å²) in [5.74, 6) is -0.544. The third-order valence-electron chi connectivity index (χ3n) is 4.12. The molecule has 0 spiro atoms. The number of benzene rings is 1. The van der Waals surface area contributed by atoms with Gasteiger partial charge in [-0.1, -0.05) is 12.8 Å². The second-order valence-electron chi connectivity index (χ2n) is 5.78. The number of carbonyl (C=O) groups is 1. The minimum absolute atomic E-state index is 0.0214. The fourth-order valence-electron chi connectivity index (χ4n) is 2.95. The van der Waals surface area contributed by atoms with E-state index in [0.29, 0.717) is 11.5 Å². The van der Waals surface area contributed by atoms with Gasteiger partial charge < -0.3 is 4.90 Å². The van der Waals surface area contributed by atoms with Crippen LogP contribution in [-0.4, -0.2) is 23.4 Å². The summed E-state index contributed by atoms with van der Waals surface area (Å²) < 4.78 is 26.9. The predicted octanol–water partition coefficient (Wildman–Crippen LogP) is 2.58. The zero-order valence-corrected chi connectivity index (χ0v) is 11.4. The maximum atomic E-state index is 13.9. The van der Waals surface area contributed by atoms with Crippen LogP contribution in [0, 0.1) is 17.6 Å². The molecule has 108 valence electrons. The van der Waals surface area contributed by atoms with Crippen molar-refractivity contribution < 1.29 is 13.6 Å². The summed E-state index contributed by atoms with van der Waals surface area (Å²) in [5.41, 5.74) is 0.333.